The van der Waals surface area contributed by atoms with E-state index >= 15 is 0 Å². The molecule has 0 bridgehead atoms. The van der Waals surface area contributed by atoms with Gasteiger partial charge < -0.3 is 15.1 Å². The first-order valence-corrected chi connectivity index (χ1v) is 8.31. The Kier molecular flexibility index (Phi) is 4.94. The zero-order valence-electron chi connectivity index (χ0n) is 11.9. The third-order valence-corrected chi connectivity index (χ3v) is 4.52. The second-order valence-corrected chi connectivity index (χ2v) is 6.22. The van der Waals surface area contributed by atoms with Crippen LogP contribution in [-0.2, 0) is 6.54 Å². The number of nitrogens with zero attached hydrogens (tertiary/aromatic N) is 2. The van der Waals surface area contributed by atoms with Crippen LogP contribution in [-0.4, -0.2) is 14.5 Å². The van der Waals surface area contributed by atoms with Gasteiger partial charge in [0.1, 0.15) is 17.9 Å². The molecule has 0 radical (unpaired) electrons. The summed E-state index contributed by atoms with van der Waals surface area (Å²) in [6.45, 7) is 0.503. The van der Waals surface area contributed by atoms with E-state index in [1.807, 2.05) is 30.3 Å². The second-order valence-electron chi connectivity index (χ2n) is 4.59. The van der Waals surface area contributed by atoms with Crippen molar-refractivity contribution < 1.29 is 9.50 Å². The van der Waals surface area contributed by atoms with Crippen LogP contribution in [0.5, 0.6) is 5.75 Å². The molecule has 1 aromatic heterocycles. The topological polar surface area (TPSA) is 70.1 Å². The van der Waals surface area contributed by atoms with E-state index < -0.39 is 5.82 Å². The molecule has 0 saturated carbocycles. The van der Waals surface area contributed by atoms with E-state index in [1.165, 1.54) is 30.0 Å². The number of benzene rings is 2. The Hall–Kier alpha value is -2.32. The third-order valence-electron chi connectivity index (χ3n) is 2.99. The van der Waals surface area contributed by atoms with Crippen molar-refractivity contribution in [1.29, 1.82) is 0 Å². The van der Waals surface area contributed by atoms with E-state index in [1.54, 1.807) is 0 Å². The van der Waals surface area contributed by atoms with Crippen molar-refractivity contribution in [3.63, 3.8) is 0 Å². The molecule has 0 aliphatic carbocycles. The number of phenolic OH excluding ortho intramolecular Hbond substituents is 1. The van der Waals surface area contributed by atoms with Crippen LogP contribution < -0.4 is 10.0 Å². The fraction of sp³-hybridized carbons (Fsp3) is 0.0667. The Morgan fingerprint density at radius 2 is 2.04 bits per heavy atom. The molecule has 3 aromatic rings. The third kappa shape index (κ3) is 4.11. The van der Waals surface area contributed by atoms with Gasteiger partial charge in [0, 0.05) is 30.2 Å². The highest BCUT2D eigenvalue weighted by Gasteiger charge is 2.11. The standard InChI is InChI=1S/C15H13FN4OS2/c16-11-6-12(17-8-10-4-2-1-3-5-10)13(21)7-14(11)22-20-15-18-9-19-23-15/h1-7,9,17,21H,8H2,(H,18,19,20). The van der Waals surface area contributed by atoms with E-state index in [9.17, 15) is 9.50 Å². The van der Waals surface area contributed by atoms with Gasteiger partial charge in [-0.1, -0.05) is 30.3 Å². The highest BCUT2D eigenvalue weighted by Crippen LogP contribution is 2.33. The normalized spacial score (nSPS) is 10.5. The van der Waals surface area contributed by atoms with Gasteiger partial charge >= 0.3 is 0 Å². The highest BCUT2D eigenvalue weighted by molar-refractivity contribution is 8.00. The second kappa shape index (κ2) is 7.30. The van der Waals surface area contributed by atoms with Crippen LogP contribution in [0.2, 0.25) is 0 Å². The van der Waals surface area contributed by atoms with E-state index in [-0.39, 0.29) is 10.6 Å². The molecule has 3 rings (SSSR count). The molecule has 0 amide bonds. The van der Waals surface area contributed by atoms with Gasteiger partial charge in [0.05, 0.1) is 10.6 Å². The lowest BCUT2D eigenvalue weighted by Gasteiger charge is -2.11. The summed E-state index contributed by atoms with van der Waals surface area (Å²) in [5.41, 5.74) is 1.40. The molecule has 2 aromatic carbocycles. The molecule has 0 spiro atoms. The van der Waals surface area contributed by atoms with Crippen molar-refractivity contribution in [3.8, 4) is 5.75 Å². The van der Waals surface area contributed by atoms with Crippen molar-refractivity contribution in [2.75, 3.05) is 10.0 Å². The zero-order valence-corrected chi connectivity index (χ0v) is 13.5. The molecule has 23 heavy (non-hydrogen) atoms. The Morgan fingerprint density at radius 3 is 2.78 bits per heavy atom. The lowest BCUT2D eigenvalue weighted by molar-refractivity contribution is 0.472. The number of hydrogen-bond donors (Lipinski definition) is 3. The minimum atomic E-state index is -0.430. The fourth-order valence-electron chi connectivity index (χ4n) is 1.87. The number of phenols is 1. The van der Waals surface area contributed by atoms with E-state index in [2.05, 4.69) is 19.4 Å². The predicted octanol–water partition coefficient (Wildman–Crippen LogP) is 4.11. The van der Waals surface area contributed by atoms with Gasteiger partial charge in [-0.15, -0.1) is 0 Å². The zero-order chi connectivity index (χ0) is 16.1. The monoisotopic (exact) mass is 348 g/mol. The Balaban J connectivity index is 1.67. The number of anilines is 2. The van der Waals surface area contributed by atoms with Gasteiger partial charge in [-0.25, -0.2) is 9.37 Å². The maximum atomic E-state index is 14.1. The molecule has 5 nitrogen and oxygen atoms in total. The first-order valence-electron chi connectivity index (χ1n) is 6.72. The molecule has 118 valence electrons. The van der Waals surface area contributed by atoms with Crippen LogP contribution in [0.1, 0.15) is 5.56 Å². The van der Waals surface area contributed by atoms with Crippen molar-refractivity contribution in [2.24, 2.45) is 0 Å². The Morgan fingerprint density at radius 1 is 1.22 bits per heavy atom. The number of aromatic nitrogens is 2. The van der Waals surface area contributed by atoms with E-state index in [0.717, 1.165) is 17.5 Å². The lowest BCUT2D eigenvalue weighted by atomic mass is 10.2. The molecular weight excluding hydrogens is 335 g/mol. The fourth-order valence-corrected chi connectivity index (χ4v) is 3.01. The van der Waals surface area contributed by atoms with Crippen molar-refractivity contribution in [3.05, 3.63) is 60.2 Å². The van der Waals surface area contributed by atoms with Crippen LogP contribution in [0.4, 0.5) is 15.2 Å². The van der Waals surface area contributed by atoms with Gasteiger partial charge in [0.15, 0.2) is 0 Å². The minimum absolute atomic E-state index is 0.0103. The van der Waals surface area contributed by atoms with E-state index in [0.29, 0.717) is 17.4 Å². The molecule has 3 N–H and O–H groups in total. The first kappa shape index (κ1) is 15.6. The van der Waals surface area contributed by atoms with Gasteiger partial charge in [-0.05, 0) is 17.5 Å². The molecular formula is C15H13FN4OS2. The van der Waals surface area contributed by atoms with Gasteiger partial charge in [0.2, 0.25) is 5.13 Å². The first-order chi connectivity index (χ1) is 11.2. The average molecular weight is 348 g/mol. The largest absolute Gasteiger partial charge is 0.506 e. The van der Waals surface area contributed by atoms with Crippen LogP contribution >= 0.6 is 23.5 Å². The Labute approximate surface area is 140 Å². The van der Waals surface area contributed by atoms with Crippen LogP contribution in [0.25, 0.3) is 0 Å². The predicted molar refractivity (Wildman–Crippen MR) is 91.2 cm³/mol. The number of hydrogen-bond acceptors (Lipinski definition) is 7. The molecule has 0 unspecified atom stereocenters. The molecule has 0 aliphatic heterocycles. The minimum Gasteiger partial charge on any atom is -0.506 e. The molecule has 0 atom stereocenters. The number of aromatic hydroxyl groups is 1. The molecule has 8 heteroatoms. The summed E-state index contributed by atoms with van der Waals surface area (Å²) in [7, 11) is 0. The summed E-state index contributed by atoms with van der Waals surface area (Å²) in [6.07, 6.45) is 1.41. The SMILES string of the molecule is Oc1cc(SNc2ncns2)c(F)cc1NCc1ccccc1. The summed E-state index contributed by atoms with van der Waals surface area (Å²) in [4.78, 5) is 4.22. The maximum absolute atomic E-state index is 14.1. The van der Waals surface area contributed by atoms with Gasteiger partial charge in [-0.2, -0.15) is 4.37 Å². The Bertz CT molecular complexity index is 769. The van der Waals surface area contributed by atoms with Gasteiger partial charge in [-0.3, -0.25) is 0 Å². The van der Waals surface area contributed by atoms with Gasteiger partial charge in [0.25, 0.3) is 0 Å². The van der Waals surface area contributed by atoms with Crippen molar-refractivity contribution in [2.45, 2.75) is 11.4 Å². The number of nitrogens with one attached hydrogen (secondary N) is 2. The summed E-state index contributed by atoms with van der Waals surface area (Å²) in [5, 5.41) is 13.7. The van der Waals surface area contributed by atoms with Crippen LogP contribution in [0.3, 0.4) is 0 Å². The molecule has 0 fully saturated rings. The summed E-state index contributed by atoms with van der Waals surface area (Å²) >= 11 is 2.21. The summed E-state index contributed by atoms with van der Waals surface area (Å²) < 4.78 is 20.9. The molecule has 1 heterocycles. The average Bonchev–Trinajstić information content (AvgIpc) is 3.08. The summed E-state index contributed by atoms with van der Waals surface area (Å²) in [6, 6.07) is 12.3. The molecule has 0 aliphatic rings. The summed E-state index contributed by atoms with van der Waals surface area (Å²) in [5.74, 6) is -0.440. The maximum Gasteiger partial charge on any atom is 0.212 e. The quantitative estimate of drug-likeness (QED) is 0.460. The number of rotatable bonds is 6. The molecule has 0 saturated heterocycles. The van der Waals surface area contributed by atoms with Crippen LogP contribution in [0, 0.1) is 5.82 Å². The van der Waals surface area contributed by atoms with Crippen molar-refractivity contribution in [1.82, 2.24) is 9.36 Å². The lowest BCUT2D eigenvalue weighted by Crippen LogP contribution is -2.00. The van der Waals surface area contributed by atoms with Crippen molar-refractivity contribution >= 4 is 34.3 Å². The highest BCUT2D eigenvalue weighted by atomic mass is 32.2. The smallest absolute Gasteiger partial charge is 0.212 e. The van der Waals surface area contributed by atoms with Crippen LogP contribution in [0.15, 0.2) is 53.7 Å². The number of halogens is 1. The van der Waals surface area contributed by atoms with E-state index in [4.69, 9.17) is 0 Å².